The highest BCUT2D eigenvalue weighted by Crippen LogP contribution is 2.01. The highest BCUT2D eigenvalue weighted by Gasteiger charge is 2.19. The van der Waals surface area contributed by atoms with E-state index in [2.05, 4.69) is 0 Å². The van der Waals surface area contributed by atoms with Gasteiger partial charge in [-0.1, -0.05) is 0 Å². The monoisotopic (exact) mass is 206 g/mol. The zero-order valence-corrected chi connectivity index (χ0v) is 8.59. The van der Waals surface area contributed by atoms with E-state index in [-0.39, 0.29) is 6.03 Å². The number of hydrogen-bond donors (Lipinski definition) is 0. The molecule has 0 aromatic rings. The first kappa shape index (κ1) is 10.6. The molecule has 0 radical (unpaired) electrons. The summed E-state index contributed by atoms with van der Waals surface area (Å²) in [5.41, 5.74) is 0. The van der Waals surface area contributed by atoms with Gasteiger partial charge in [-0.3, -0.25) is 0 Å². The van der Waals surface area contributed by atoms with Crippen LogP contribution in [0, 0.1) is 0 Å². The molecule has 1 heterocycles. The Balaban J connectivity index is 2.36. The van der Waals surface area contributed by atoms with Crippen LogP contribution in [0.15, 0.2) is 0 Å². The predicted molar refractivity (Wildman–Crippen MR) is 51.1 cm³/mol. The molecule has 0 atom stereocenters. The van der Waals surface area contributed by atoms with E-state index in [0.717, 1.165) is 0 Å². The molecular formula is C8H15ClN2O2. The molecule has 4 nitrogen and oxygen atoms in total. The van der Waals surface area contributed by atoms with Gasteiger partial charge < -0.3 is 14.5 Å². The van der Waals surface area contributed by atoms with Crippen molar-refractivity contribution in [3.8, 4) is 0 Å². The van der Waals surface area contributed by atoms with E-state index in [1.165, 1.54) is 0 Å². The number of alkyl halides is 1. The van der Waals surface area contributed by atoms with Crippen LogP contribution in [0.4, 0.5) is 4.79 Å². The van der Waals surface area contributed by atoms with Gasteiger partial charge in [0.15, 0.2) is 0 Å². The molecule has 13 heavy (non-hydrogen) atoms. The summed E-state index contributed by atoms with van der Waals surface area (Å²) in [4.78, 5) is 15.1. The van der Waals surface area contributed by atoms with Crippen molar-refractivity contribution in [1.82, 2.24) is 9.80 Å². The van der Waals surface area contributed by atoms with Crippen molar-refractivity contribution in [1.29, 1.82) is 0 Å². The first-order valence-electron chi connectivity index (χ1n) is 4.39. The lowest BCUT2D eigenvalue weighted by Gasteiger charge is -2.30. The predicted octanol–water partition coefficient (Wildman–Crippen LogP) is 0.609. The summed E-state index contributed by atoms with van der Waals surface area (Å²) in [5.74, 6) is 0.479. The zero-order chi connectivity index (χ0) is 9.68. The summed E-state index contributed by atoms with van der Waals surface area (Å²) in [6, 6.07) is 0.0453. The van der Waals surface area contributed by atoms with Gasteiger partial charge in [-0.15, -0.1) is 11.6 Å². The maximum atomic E-state index is 11.6. The SMILES string of the molecule is CN(CCCl)C(=O)N1CCOCC1. The second-order valence-corrected chi connectivity index (χ2v) is 3.37. The van der Waals surface area contributed by atoms with Crippen molar-refractivity contribution in [3.05, 3.63) is 0 Å². The zero-order valence-electron chi connectivity index (χ0n) is 7.83. The van der Waals surface area contributed by atoms with Crippen LogP contribution in [0.2, 0.25) is 0 Å². The number of ether oxygens (including phenoxy) is 1. The Morgan fingerprint density at radius 2 is 2.15 bits per heavy atom. The quantitative estimate of drug-likeness (QED) is 0.621. The molecule has 0 N–H and O–H groups in total. The van der Waals surface area contributed by atoms with Crippen molar-refractivity contribution < 1.29 is 9.53 Å². The van der Waals surface area contributed by atoms with Crippen LogP contribution in [0.25, 0.3) is 0 Å². The number of amides is 2. The number of urea groups is 1. The van der Waals surface area contributed by atoms with Gasteiger partial charge in [-0.2, -0.15) is 0 Å². The Morgan fingerprint density at radius 1 is 1.54 bits per heavy atom. The van der Waals surface area contributed by atoms with E-state index in [4.69, 9.17) is 16.3 Å². The molecule has 1 saturated heterocycles. The molecule has 0 bridgehead atoms. The minimum Gasteiger partial charge on any atom is -0.378 e. The molecule has 1 aliphatic rings. The lowest BCUT2D eigenvalue weighted by molar-refractivity contribution is 0.0457. The van der Waals surface area contributed by atoms with Gasteiger partial charge in [-0.05, 0) is 0 Å². The molecule has 0 aromatic carbocycles. The van der Waals surface area contributed by atoms with Crippen LogP contribution in [-0.4, -0.2) is 61.6 Å². The summed E-state index contributed by atoms with van der Waals surface area (Å²) in [5, 5.41) is 0. The van der Waals surface area contributed by atoms with E-state index in [9.17, 15) is 4.79 Å². The average Bonchev–Trinajstić information content (AvgIpc) is 2.18. The molecule has 0 aromatic heterocycles. The molecule has 76 valence electrons. The molecule has 0 saturated carbocycles. The normalized spacial score (nSPS) is 17.2. The Morgan fingerprint density at radius 3 is 2.69 bits per heavy atom. The van der Waals surface area contributed by atoms with Crippen molar-refractivity contribution in [2.24, 2.45) is 0 Å². The van der Waals surface area contributed by atoms with E-state index in [0.29, 0.717) is 38.7 Å². The number of carbonyl (C=O) groups is 1. The van der Waals surface area contributed by atoms with Crippen molar-refractivity contribution >= 4 is 17.6 Å². The van der Waals surface area contributed by atoms with Crippen molar-refractivity contribution in [2.45, 2.75) is 0 Å². The van der Waals surface area contributed by atoms with Gasteiger partial charge >= 0.3 is 6.03 Å². The first-order chi connectivity index (χ1) is 6.25. The third kappa shape index (κ3) is 3.04. The Hall–Kier alpha value is -0.480. The second kappa shape index (κ2) is 5.29. The van der Waals surface area contributed by atoms with Gasteiger partial charge in [0.25, 0.3) is 0 Å². The summed E-state index contributed by atoms with van der Waals surface area (Å²) in [6.45, 7) is 3.25. The van der Waals surface area contributed by atoms with Gasteiger partial charge in [0, 0.05) is 32.6 Å². The molecular weight excluding hydrogens is 192 g/mol. The van der Waals surface area contributed by atoms with Gasteiger partial charge in [0.2, 0.25) is 0 Å². The van der Waals surface area contributed by atoms with E-state index in [1.54, 1.807) is 16.8 Å². The number of carbonyl (C=O) groups excluding carboxylic acids is 1. The third-order valence-electron chi connectivity index (χ3n) is 2.03. The molecule has 0 unspecified atom stereocenters. The fourth-order valence-corrected chi connectivity index (χ4v) is 1.47. The average molecular weight is 207 g/mol. The minimum atomic E-state index is 0.0453. The third-order valence-corrected chi connectivity index (χ3v) is 2.20. The lowest BCUT2D eigenvalue weighted by atomic mass is 10.4. The number of hydrogen-bond acceptors (Lipinski definition) is 2. The van der Waals surface area contributed by atoms with Crippen LogP contribution < -0.4 is 0 Å². The molecule has 2 amide bonds. The highest BCUT2D eigenvalue weighted by atomic mass is 35.5. The van der Waals surface area contributed by atoms with Gasteiger partial charge in [0.05, 0.1) is 13.2 Å². The largest absolute Gasteiger partial charge is 0.378 e. The highest BCUT2D eigenvalue weighted by molar-refractivity contribution is 6.18. The maximum absolute atomic E-state index is 11.6. The molecule has 0 spiro atoms. The smallest absolute Gasteiger partial charge is 0.319 e. The molecule has 1 aliphatic heterocycles. The van der Waals surface area contributed by atoms with Crippen molar-refractivity contribution in [2.75, 3.05) is 45.8 Å². The van der Waals surface area contributed by atoms with E-state index >= 15 is 0 Å². The Kier molecular flexibility index (Phi) is 4.32. The molecule has 0 aliphatic carbocycles. The van der Waals surface area contributed by atoms with Crippen LogP contribution in [0.3, 0.4) is 0 Å². The first-order valence-corrected chi connectivity index (χ1v) is 4.93. The summed E-state index contributed by atoms with van der Waals surface area (Å²) < 4.78 is 5.15. The summed E-state index contributed by atoms with van der Waals surface area (Å²) >= 11 is 5.54. The Bertz CT molecular complexity index is 172. The summed E-state index contributed by atoms with van der Waals surface area (Å²) in [6.07, 6.45) is 0. The summed E-state index contributed by atoms with van der Waals surface area (Å²) in [7, 11) is 1.76. The molecule has 1 rings (SSSR count). The second-order valence-electron chi connectivity index (χ2n) is 2.99. The van der Waals surface area contributed by atoms with Crippen LogP contribution in [-0.2, 0) is 4.74 Å². The molecule has 1 fully saturated rings. The van der Waals surface area contributed by atoms with Crippen LogP contribution in [0.1, 0.15) is 0 Å². The number of halogens is 1. The standard InChI is InChI=1S/C8H15ClN2O2/c1-10(3-2-9)8(12)11-4-6-13-7-5-11/h2-7H2,1H3. The minimum absolute atomic E-state index is 0.0453. The number of nitrogens with zero attached hydrogens (tertiary/aromatic N) is 2. The van der Waals surface area contributed by atoms with Gasteiger partial charge in [0.1, 0.15) is 0 Å². The fraction of sp³-hybridized carbons (Fsp3) is 0.875. The van der Waals surface area contributed by atoms with Crippen LogP contribution >= 0.6 is 11.6 Å². The maximum Gasteiger partial charge on any atom is 0.319 e. The van der Waals surface area contributed by atoms with Crippen LogP contribution in [0.5, 0.6) is 0 Å². The van der Waals surface area contributed by atoms with Gasteiger partial charge in [-0.25, -0.2) is 4.79 Å². The van der Waals surface area contributed by atoms with Crippen molar-refractivity contribution in [3.63, 3.8) is 0 Å². The fourth-order valence-electron chi connectivity index (χ4n) is 1.22. The number of morpholine rings is 1. The topological polar surface area (TPSA) is 32.8 Å². The molecule has 5 heteroatoms. The number of rotatable bonds is 2. The lowest BCUT2D eigenvalue weighted by Crippen LogP contribution is -2.47. The Labute approximate surface area is 83.4 Å². The van der Waals surface area contributed by atoms with E-state index < -0.39 is 0 Å². The van der Waals surface area contributed by atoms with E-state index in [1.807, 2.05) is 0 Å².